The van der Waals surface area contributed by atoms with Gasteiger partial charge in [-0.3, -0.25) is 0 Å². The normalized spacial score (nSPS) is 13.3. The van der Waals surface area contributed by atoms with E-state index in [4.69, 9.17) is 0 Å². The summed E-state index contributed by atoms with van der Waals surface area (Å²) in [7, 11) is 0. The molecule has 96 heavy (non-hydrogen) atoms. The Labute approximate surface area is 573 Å². The molecule has 0 fully saturated rings. The van der Waals surface area contributed by atoms with Crippen molar-refractivity contribution in [3.8, 4) is 0 Å². The number of fused-ring (bicyclic) bond motifs is 8. The maximum atomic E-state index is 2.65. The summed E-state index contributed by atoms with van der Waals surface area (Å²) in [6, 6.07) is 104. The number of aryl methyl sites for hydroxylation is 2. The van der Waals surface area contributed by atoms with Gasteiger partial charge in [-0.25, -0.2) is 0 Å². The molecule has 0 atom stereocenters. The van der Waals surface area contributed by atoms with Crippen molar-refractivity contribution >= 4 is 143 Å². The fourth-order valence-corrected chi connectivity index (χ4v) is 16.6. The van der Waals surface area contributed by atoms with E-state index in [0.717, 1.165) is 76.9 Å². The summed E-state index contributed by atoms with van der Waals surface area (Å²) < 4.78 is 0. The van der Waals surface area contributed by atoms with E-state index in [1.807, 2.05) is 11.8 Å². The molecule has 0 aliphatic carbocycles. The van der Waals surface area contributed by atoms with Crippen LogP contribution in [0.15, 0.2) is 283 Å². The molecule has 4 aliphatic heterocycles. The van der Waals surface area contributed by atoms with Crippen LogP contribution in [0.4, 0.5) is 85.3 Å². The lowest BCUT2D eigenvalue weighted by Crippen LogP contribution is -2.64. The molecule has 8 heteroatoms. The Bertz CT molecular complexity index is 4850. The second-order valence-corrected chi connectivity index (χ2v) is 29.7. The molecule has 12 aromatic rings. The average molecular weight is 1260 g/mol. The van der Waals surface area contributed by atoms with Gasteiger partial charge < -0.3 is 24.5 Å². The van der Waals surface area contributed by atoms with Crippen LogP contribution in [-0.2, 0) is 23.7 Å². The average Bonchev–Trinajstić information content (AvgIpc) is 0.691. The first kappa shape index (κ1) is 61.0. The Kier molecular flexibility index (Phi) is 15.7. The van der Waals surface area contributed by atoms with Gasteiger partial charge in [0.1, 0.15) is 0 Å². The molecule has 0 bridgehead atoms. The largest absolute Gasteiger partial charge is 0.311 e. The summed E-state index contributed by atoms with van der Waals surface area (Å²) in [6.45, 7) is 18.2. The SMILES string of the molecule is CCCCc1ccc(N(c2ccc(C(C)(C)C)cc2)c2cc3c4c(c2)N(c2ccccc2)c2ccccc2B4c2cc4c(cc2S3)N(c2ccccc2)c2cc(N(c3ccc(CCCC)cc3)c3ccc(C(C)(C)C)cc3)cc3c2B4c2ccccc2N3c2ccccc2)cc1. The van der Waals surface area contributed by atoms with Crippen LogP contribution in [0.2, 0.25) is 0 Å². The molecule has 0 saturated carbocycles. The molecule has 0 saturated heterocycles. The molecule has 0 unspecified atom stereocenters. The van der Waals surface area contributed by atoms with Gasteiger partial charge >= 0.3 is 0 Å². The highest BCUT2D eigenvalue weighted by atomic mass is 32.2. The summed E-state index contributed by atoms with van der Waals surface area (Å²) in [6.07, 6.45) is 6.79. The van der Waals surface area contributed by atoms with Crippen LogP contribution in [0.5, 0.6) is 0 Å². The van der Waals surface area contributed by atoms with E-state index in [-0.39, 0.29) is 24.3 Å². The van der Waals surface area contributed by atoms with E-state index in [1.54, 1.807) is 0 Å². The lowest BCUT2D eigenvalue weighted by molar-refractivity contribution is 0.590. The smallest absolute Gasteiger partial charge is 0.252 e. The fourth-order valence-electron chi connectivity index (χ4n) is 15.4. The topological polar surface area (TPSA) is 16.2 Å². The lowest BCUT2D eigenvalue weighted by atomic mass is 9.31. The van der Waals surface area contributed by atoms with Crippen molar-refractivity contribution in [1.29, 1.82) is 0 Å². The number of unbranched alkanes of at least 4 members (excludes halogenated alkanes) is 2. The molecular weight excluding hydrogens is 1180 g/mol. The monoisotopic (exact) mass is 1260 g/mol. The zero-order valence-corrected chi connectivity index (χ0v) is 57.3. The Balaban J connectivity index is 0.951. The van der Waals surface area contributed by atoms with Crippen LogP contribution in [0, 0.1) is 0 Å². The number of benzene rings is 12. The number of nitrogens with zero attached hydrogens (tertiary/aromatic N) is 5. The van der Waals surface area contributed by atoms with Crippen LogP contribution in [0.1, 0.15) is 103 Å². The zero-order valence-electron chi connectivity index (χ0n) is 56.5. The number of hydrogen-bond donors (Lipinski definition) is 0. The quantitative estimate of drug-likeness (QED) is 0.0944. The molecule has 5 nitrogen and oxygen atoms in total. The molecule has 4 heterocycles. The first-order chi connectivity index (χ1) is 46.8. The lowest BCUT2D eigenvalue weighted by Gasteiger charge is -2.46. The standard InChI is InChI=1S/C88H81B2N5S/c1-9-11-26-60-38-46-67(47-39-60)91(69-50-42-62(43-51-69)87(3,4)5)71-54-80-85-81(55-71)95(66-32-20-15-21-33-66)79-59-83-76(58-75(79)89(85)73-34-22-24-36-77(73)93(80)64-28-16-13-17-29-64)90-74-35-23-25-37-78(74)94(65-30-18-14-19-31-65)82-56-72(57-84(96-83)86(82)90)92(68-48-40-61(41-49-68)27-12-10-2)70-52-44-63(45-53-70)88(6,7)8/h13-25,28-59H,9-12,26-27H2,1-8H3. The Morgan fingerprint density at radius 3 is 1.09 bits per heavy atom. The number of para-hydroxylation sites is 5. The molecule has 0 radical (unpaired) electrons. The highest BCUT2D eigenvalue weighted by molar-refractivity contribution is 8.00. The minimum Gasteiger partial charge on any atom is -0.311 e. The van der Waals surface area contributed by atoms with E-state index >= 15 is 0 Å². The van der Waals surface area contributed by atoms with Gasteiger partial charge in [0.25, 0.3) is 6.71 Å². The van der Waals surface area contributed by atoms with Gasteiger partial charge in [-0.1, -0.05) is 231 Å². The van der Waals surface area contributed by atoms with Crippen LogP contribution in [0.3, 0.4) is 0 Å². The van der Waals surface area contributed by atoms with Gasteiger partial charge in [-0.2, -0.15) is 0 Å². The second kappa shape index (κ2) is 24.7. The van der Waals surface area contributed by atoms with Crippen molar-refractivity contribution < 1.29 is 0 Å². The third kappa shape index (κ3) is 10.8. The third-order valence-corrected chi connectivity index (χ3v) is 21.4. The van der Waals surface area contributed by atoms with Gasteiger partial charge in [0.15, 0.2) is 0 Å². The number of rotatable bonds is 15. The van der Waals surface area contributed by atoms with Crippen molar-refractivity contribution in [2.24, 2.45) is 0 Å². The van der Waals surface area contributed by atoms with Crippen molar-refractivity contribution in [3.63, 3.8) is 0 Å². The van der Waals surface area contributed by atoms with Crippen molar-refractivity contribution in [2.45, 2.75) is 115 Å². The molecule has 0 amide bonds. The van der Waals surface area contributed by atoms with E-state index < -0.39 is 0 Å². The first-order valence-corrected chi connectivity index (χ1v) is 35.6. The molecular formula is C88H81B2N5S. The van der Waals surface area contributed by atoms with Crippen molar-refractivity contribution in [1.82, 2.24) is 0 Å². The molecule has 470 valence electrons. The molecule has 4 aliphatic rings. The van der Waals surface area contributed by atoms with Gasteiger partial charge in [0, 0.05) is 89.4 Å². The maximum absolute atomic E-state index is 2.65. The van der Waals surface area contributed by atoms with E-state index in [2.05, 4.69) is 353 Å². The molecule has 12 aromatic carbocycles. The Hall–Kier alpha value is -9.88. The number of anilines is 15. The summed E-state index contributed by atoms with van der Waals surface area (Å²) in [5.41, 5.74) is 30.4. The van der Waals surface area contributed by atoms with Gasteiger partial charge in [0.05, 0.1) is 5.69 Å². The molecule has 0 spiro atoms. The van der Waals surface area contributed by atoms with Crippen LogP contribution in [0.25, 0.3) is 0 Å². The Morgan fingerprint density at radius 1 is 0.312 bits per heavy atom. The molecule has 0 N–H and O–H groups in total. The fraction of sp³-hybridized carbons (Fsp3) is 0.182. The second-order valence-electron chi connectivity index (χ2n) is 28.6. The highest BCUT2D eigenvalue weighted by Gasteiger charge is 2.48. The summed E-state index contributed by atoms with van der Waals surface area (Å²) in [4.78, 5) is 15.2. The molecule has 16 rings (SSSR count). The molecule has 0 aromatic heterocycles. The predicted octanol–water partition coefficient (Wildman–Crippen LogP) is 20.8. The van der Waals surface area contributed by atoms with Crippen LogP contribution in [-0.4, -0.2) is 13.4 Å². The van der Waals surface area contributed by atoms with E-state index in [0.29, 0.717) is 0 Å². The summed E-state index contributed by atoms with van der Waals surface area (Å²) in [5.74, 6) is 0. The van der Waals surface area contributed by atoms with Gasteiger partial charge in [-0.15, -0.1) is 0 Å². The van der Waals surface area contributed by atoms with E-state index in [9.17, 15) is 0 Å². The van der Waals surface area contributed by atoms with Crippen LogP contribution >= 0.6 is 11.8 Å². The summed E-state index contributed by atoms with van der Waals surface area (Å²) in [5, 5.41) is 0. The van der Waals surface area contributed by atoms with Gasteiger partial charge in [-0.05, 0) is 213 Å². The van der Waals surface area contributed by atoms with Crippen molar-refractivity contribution in [2.75, 3.05) is 24.5 Å². The third-order valence-electron chi connectivity index (χ3n) is 20.3. The van der Waals surface area contributed by atoms with Gasteiger partial charge in [0.2, 0.25) is 6.71 Å². The minimum absolute atomic E-state index is 0.00481. The first-order valence-electron chi connectivity index (χ1n) is 34.8. The zero-order chi connectivity index (χ0) is 65.4. The van der Waals surface area contributed by atoms with Crippen LogP contribution < -0.4 is 57.3 Å². The maximum Gasteiger partial charge on any atom is 0.252 e. The van der Waals surface area contributed by atoms with E-state index in [1.165, 1.54) is 112 Å². The van der Waals surface area contributed by atoms with Crippen molar-refractivity contribution in [3.05, 3.63) is 295 Å². The highest BCUT2D eigenvalue weighted by Crippen LogP contribution is 2.52. The number of hydrogen-bond acceptors (Lipinski definition) is 6. The summed E-state index contributed by atoms with van der Waals surface area (Å²) >= 11 is 1.94. The minimum atomic E-state index is -0.114. The Morgan fingerprint density at radius 2 is 0.677 bits per heavy atom. The predicted molar refractivity (Wildman–Crippen MR) is 414 cm³/mol.